The van der Waals surface area contributed by atoms with Gasteiger partial charge < -0.3 is 29.5 Å². The van der Waals surface area contributed by atoms with Gasteiger partial charge in [-0.05, 0) is 44.9 Å². The summed E-state index contributed by atoms with van der Waals surface area (Å²) >= 11 is 0. The van der Waals surface area contributed by atoms with E-state index >= 15 is 0 Å². The minimum atomic E-state index is -4.57. The number of phosphoric acid groups is 1. The third-order valence-electron chi connectivity index (χ3n) is 4.54. The van der Waals surface area contributed by atoms with Gasteiger partial charge in [-0.15, -0.1) is 0 Å². The van der Waals surface area contributed by atoms with Crippen molar-refractivity contribution in [3.05, 3.63) is 48.6 Å². The molecule has 35 heavy (non-hydrogen) atoms. The predicted molar refractivity (Wildman–Crippen MR) is 134 cm³/mol. The Morgan fingerprint density at radius 2 is 1.49 bits per heavy atom. The molecule has 0 aliphatic heterocycles. The zero-order valence-corrected chi connectivity index (χ0v) is 24.4. The molecular formula is C25H43NNaO7P. The quantitative estimate of drug-likeness (QED) is 0.0839. The van der Waals surface area contributed by atoms with Crippen molar-refractivity contribution in [1.29, 1.82) is 0 Å². The van der Waals surface area contributed by atoms with Crippen molar-refractivity contribution in [1.82, 2.24) is 5.32 Å². The van der Waals surface area contributed by atoms with E-state index in [2.05, 4.69) is 63.8 Å². The fraction of sp³-hybridized carbons (Fsp3) is 0.640. The molecule has 0 aromatic heterocycles. The van der Waals surface area contributed by atoms with Gasteiger partial charge in [0.2, 0.25) is 5.91 Å². The second kappa shape index (κ2) is 26.5. The summed E-state index contributed by atoms with van der Waals surface area (Å²) in [7, 11) is -4.57. The van der Waals surface area contributed by atoms with Crippen LogP contribution in [0.15, 0.2) is 48.6 Å². The summed E-state index contributed by atoms with van der Waals surface area (Å²) in [5.74, 6) is -0.183. The average molecular weight is 524 g/mol. The molecule has 0 aromatic rings. The zero-order chi connectivity index (χ0) is 25.3. The van der Waals surface area contributed by atoms with E-state index < -0.39 is 27.1 Å². The smallest absolute Gasteiger partial charge is 0.756 e. The van der Waals surface area contributed by atoms with Crippen LogP contribution in [0, 0.1) is 0 Å². The number of aliphatic hydroxyl groups is 2. The van der Waals surface area contributed by atoms with Gasteiger partial charge in [0.05, 0.1) is 19.8 Å². The first kappa shape index (κ1) is 36.6. The van der Waals surface area contributed by atoms with E-state index in [4.69, 9.17) is 10.2 Å². The Kier molecular flexibility index (Phi) is 27.7. The maximum atomic E-state index is 11.7. The number of rotatable bonds is 22. The molecule has 0 saturated heterocycles. The van der Waals surface area contributed by atoms with Gasteiger partial charge in [-0.25, -0.2) is 0 Å². The Labute approximate surface area is 233 Å². The van der Waals surface area contributed by atoms with Crippen LogP contribution in [0.2, 0.25) is 0 Å². The zero-order valence-electron chi connectivity index (χ0n) is 21.5. The number of phosphoric ester groups is 1. The first-order valence-corrected chi connectivity index (χ1v) is 13.6. The molecule has 0 radical (unpaired) electrons. The van der Waals surface area contributed by atoms with E-state index in [0.717, 1.165) is 25.7 Å². The molecule has 0 fully saturated rings. The van der Waals surface area contributed by atoms with Crippen LogP contribution in [0.4, 0.5) is 0 Å². The summed E-state index contributed by atoms with van der Waals surface area (Å²) in [6, 6.07) is 0. The second-order valence-corrected chi connectivity index (χ2v) is 9.15. The number of nitrogens with one attached hydrogen (secondary N) is 1. The Morgan fingerprint density at radius 3 is 2.03 bits per heavy atom. The number of carbonyl (C=O) groups excluding carboxylic acids is 1. The van der Waals surface area contributed by atoms with E-state index in [1.807, 2.05) is 6.08 Å². The SMILES string of the molecule is CCCCC/C=C\C/C=C\C/C=C\C/C=C\CCCC(=O)NCCOP(=O)([O-])OCC(O)CO.[Na+]. The largest absolute Gasteiger partial charge is 1.00 e. The molecule has 3 N–H and O–H groups in total. The van der Waals surface area contributed by atoms with Gasteiger partial charge in [-0.1, -0.05) is 68.4 Å². The summed E-state index contributed by atoms with van der Waals surface area (Å²) in [5, 5.41) is 20.2. The number of aliphatic hydroxyl groups excluding tert-OH is 2. The molecule has 10 heteroatoms. The van der Waals surface area contributed by atoms with Crippen LogP contribution in [0.1, 0.15) is 71.1 Å². The second-order valence-electron chi connectivity index (χ2n) is 7.74. The van der Waals surface area contributed by atoms with Crippen molar-refractivity contribution in [2.75, 3.05) is 26.4 Å². The average Bonchev–Trinajstić information content (AvgIpc) is 2.82. The van der Waals surface area contributed by atoms with Gasteiger partial charge in [0.1, 0.15) is 6.10 Å². The molecule has 2 unspecified atom stereocenters. The predicted octanol–water partition coefficient (Wildman–Crippen LogP) is 1.11. The molecule has 0 aliphatic rings. The van der Waals surface area contributed by atoms with Crippen molar-refractivity contribution in [2.45, 2.75) is 77.2 Å². The van der Waals surface area contributed by atoms with Gasteiger partial charge in [0.15, 0.2) is 0 Å². The van der Waals surface area contributed by atoms with Gasteiger partial charge in [-0.2, -0.15) is 0 Å². The monoisotopic (exact) mass is 523 g/mol. The van der Waals surface area contributed by atoms with Gasteiger partial charge in [0, 0.05) is 13.0 Å². The number of hydrogen-bond acceptors (Lipinski definition) is 7. The molecule has 0 aromatic carbocycles. The number of unbranched alkanes of at least 4 members (excludes halogenated alkanes) is 4. The van der Waals surface area contributed by atoms with E-state index in [9.17, 15) is 14.3 Å². The molecule has 0 spiro atoms. The molecular weight excluding hydrogens is 480 g/mol. The molecule has 0 saturated carbocycles. The van der Waals surface area contributed by atoms with E-state index in [1.54, 1.807) is 0 Å². The topological polar surface area (TPSA) is 128 Å². The number of allylic oxidation sites excluding steroid dienone is 8. The molecule has 0 bridgehead atoms. The maximum Gasteiger partial charge on any atom is 1.00 e. The standard InChI is InChI=1S/C25H44NO7P.Na/c1-2-3-4-5-6-7-8-9-10-11-12-13-14-15-16-17-18-19-25(29)26-20-21-32-34(30,31)33-23-24(28)22-27;/h6-7,9-10,12-13,15-16,24,27-28H,2-5,8,11,14,17-23H2,1H3,(H,26,29)(H,30,31);/q;+1/p-1/b7-6-,10-9-,13-12-,16-15-;. The van der Waals surface area contributed by atoms with E-state index in [0.29, 0.717) is 12.8 Å². The first-order chi connectivity index (χ1) is 16.4. The maximum absolute atomic E-state index is 11.7. The van der Waals surface area contributed by atoms with Crippen molar-refractivity contribution in [2.24, 2.45) is 0 Å². The molecule has 8 nitrogen and oxygen atoms in total. The molecule has 1 amide bonds. The van der Waals surface area contributed by atoms with Crippen molar-refractivity contribution < 1.29 is 63.1 Å². The van der Waals surface area contributed by atoms with Crippen LogP contribution in [0.3, 0.4) is 0 Å². The molecule has 0 aliphatic carbocycles. The van der Waals surface area contributed by atoms with Crippen LogP contribution < -0.4 is 39.8 Å². The third-order valence-corrected chi connectivity index (χ3v) is 5.51. The summed E-state index contributed by atoms with van der Waals surface area (Å²) < 4.78 is 20.4. The summed E-state index contributed by atoms with van der Waals surface area (Å²) in [5.41, 5.74) is 0. The van der Waals surface area contributed by atoms with Crippen molar-refractivity contribution in [3.8, 4) is 0 Å². The Bertz CT molecular complexity index is 668. The van der Waals surface area contributed by atoms with Gasteiger partial charge >= 0.3 is 29.6 Å². The van der Waals surface area contributed by atoms with Crippen LogP contribution >= 0.6 is 7.82 Å². The fourth-order valence-electron chi connectivity index (χ4n) is 2.64. The summed E-state index contributed by atoms with van der Waals surface area (Å²) in [6.45, 7) is 0.784. The van der Waals surface area contributed by atoms with E-state index in [-0.39, 0.29) is 48.6 Å². The summed E-state index contributed by atoms with van der Waals surface area (Å²) in [6.07, 6.45) is 25.6. The number of amides is 1. The van der Waals surface area contributed by atoms with Crippen LogP contribution in [-0.2, 0) is 18.4 Å². The van der Waals surface area contributed by atoms with E-state index in [1.165, 1.54) is 25.7 Å². The Hall–Kier alpha value is -0.540. The molecule has 196 valence electrons. The minimum Gasteiger partial charge on any atom is -0.756 e. The fourth-order valence-corrected chi connectivity index (χ4v) is 3.39. The normalized spacial score (nSPS) is 14.6. The van der Waals surface area contributed by atoms with Gasteiger partial charge in [-0.3, -0.25) is 9.36 Å². The Balaban J connectivity index is 0. The molecule has 0 heterocycles. The number of hydrogen-bond donors (Lipinski definition) is 3. The van der Waals surface area contributed by atoms with Crippen LogP contribution in [0.5, 0.6) is 0 Å². The minimum absolute atomic E-state index is 0. The molecule has 0 rings (SSSR count). The first-order valence-electron chi connectivity index (χ1n) is 12.2. The number of carbonyl (C=O) groups is 1. The molecule has 2 atom stereocenters. The van der Waals surface area contributed by atoms with Crippen molar-refractivity contribution in [3.63, 3.8) is 0 Å². The van der Waals surface area contributed by atoms with Crippen LogP contribution in [-0.4, -0.2) is 48.6 Å². The summed E-state index contributed by atoms with van der Waals surface area (Å²) in [4.78, 5) is 23.1. The third kappa shape index (κ3) is 27.9. The van der Waals surface area contributed by atoms with Crippen LogP contribution in [0.25, 0.3) is 0 Å². The van der Waals surface area contributed by atoms with Crippen molar-refractivity contribution >= 4 is 13.7 Å². The van der Waals surface area contributed by atoms with Gasteiger partial charge in [0.25, 0.3) is 7.82 Å². The Morgan fingerprint density at radius 1 is 0.943 bits per heavy atom.